The van der Waals surface area contributed by atoms with E-state index in [0.29, 0.717) is 35.1 Å². The molecule has 0 saturated heterocycles. The van der Waals surface area contributed by atoms with Gasteiger partial charge in [0.15, 0.2) is 5.82 Å². The molecule has 0 aliphatic carbocycles. The van der Waals surface area contributed by atoms with E-state index in [0.717, 1.165) is 16.2 Å². The highest BCUT2D eigenvalue weighted by atomic mass is 32.2. The minimum atomic E-state index is -0.175. The Hall–Kier alpha value is -3.58. The van der Waals surface area contributed by atoms with Gasteiger partial charge in [0.1, 0.15) is 5.75 Å². The Morgan fingerprint density at radius 3 is 2.59 bits per heavy atom. The van der Waals surface area contributed by atoms with Crippen LogP contribution in [0.4, 0.5) is 5.69 Å². The van der Waals surface area contributed by atoms with Crippen LogP contribution in [0, 0.1) is 6.92 Å². The van der Waals surface area contributed by atoms with Crippen LogP contribution in [0.25, 0.3) is 0 Å². The van der Waals surface area contributed by atoms with E-state index >= 15 is 0 Å². The number of nitrogens with zero attached hydrogens (tertiary/aromatic N) is 2. The van der Waals surface area contributed by atoms with Crippen molar-refractivity contribution in [1.29, 1.82) is 0 Å². The molecule has 1 heterocycles. The van der Waals surface area contributed by atoms with Crippen LogP contribution in [0.15, 0.2) is 82.2 Å². The second kappa shape index (κ2) is 10.2. The lowest BCUT2D eigenvalue weighted by molar-refractivity contribution is 0.102. The summed E-state index contributed by atoms with van der Waals surface area (Å²) in [6.45, 7) is 1.78. The van der Waals surface area contributed by atoms with Crippen LogP contribution in [0.5, 0.6) is 5.75 Å². The van der Waals surface area contributed by atoms with Crippen LogP contribution in [-0.2, 0) is 12.2 Å². The van der Waals surface area contributed by atoms with Crippen molar-refractivity contribution >= 4 is 23.4 Å². The van der Waals surface area contributed by atoms with Crippen LogP contribution < -0.4 is 10.1 Å². The second-order valence-corrected chi connectivity index (χ2v) is 8.18. The van der Waals surface area contributed by atoms with Crippen molar-refractivity contribution in [3.8, 4) is 5.75 Å². The number of methoxy groups -OCH3 is 1. The largest absolute Gasteiger partial charge is 0.496 e. The topological polar surface area (TPSA) is 77.2 Å². The van der Waals surface area contributed by atoms with Gasteiger partial charge in [-0.1, -0.05) is 47.6 Å². The quantitative estimate of drug-likeness (QED) is 0.360. The van der Waals surface area contributed by atoms with Crippen LogP contribution in [0.1, 0.15) is 33.2 Å². The van der Waals surface area contributed by atoms with Gasteiger partial charge in [-0.3, -0.25) is 4.79 Å². The van der Waals surface area contributed by atoms with Crippen molar-refractivity contribution in [3.63, 3.8) is 0 Å². The van der Waals surface area contributed by atoms with Gasteiger partial charge < -0.3 is 14.6 Å². The molecule has 0 aliphatic heterocycles. The highest BCUT2D eigenvalue weighted by Crippen LogP contribution is 2.28. The predicted octanol–water partition coefficient (Wildman–Crippen LogP) is 5.52. The minimum absolute atomic E-state index is 0.175. The zero-order valence-corrected chi connectivity index (χ0v) is 18.7. The van der Waals surface area contributed by atoms with Crippen molar-refractivity contribution < 1.29 is 14.1 Å². The fraction of sp³-hybridized carbons (Fsp3) is 0.160. The van der Waals surface area contributed by atoms with E-state index in [-0.39, 0.29) is 5.91 Å². The van der Waals surface area contributed by atoms with Crippen molar-refractivity contribution in [2.75, 3.05) is 12.4 Å². The molecular weight excluding hydrogens is 422 g/mol. The van der Waals surface area contributed by atoms with Gasteiger partial charge >= 0.3 is 0 Å². The lowest BCUT2D eigenvalue weighted by Gasteiger charge is -2.13. The molecular formula is C25H23N3O3S. The summed E-state index contributed by atoms with van der Waals surface area (Å²) >= 11 is 1.49. The lowest BCUT2D eigenvalue weighted by Crippen LogP contribution is -2.13. The molecule has 0 radical (unpaired) electrons. The molecule has 0 aliphatic rings. The third-order valence-electron chi connectivity index (χ3n) is 4.83. The molecule has 0 unspecified atom stereocenters. The van der Waals surface area contributed by atoms with E-state index in [2.05, 4.69) is 27.6 Å². The Labute approximate surface area is 191 Å². The van der Waals surface area contributed by atoms with Crippen LogP contribution in [0.3, 0.4) is 0 Å². The van der Waals surface area contributed by atoms with E-state index in [1.54, 1.807) is 14.0 Å². The Morgan fingerprint density at radius 2 is 1.84 bits per heavy atom. The summed E-state index contributed by atoms with van der Waals surface area (Å²) < 4.78 is 10.7. The summed E-state index contributed by atoms with van der Waals surface area (Å²) in [6.07, 6.45) is 0.712. The van der Waals surface area contributed by atoms with Crippen molar-refractivity contribution in [1.82, 2.24) is 10.1 Å². The summed E-state index contributed by atoms with van der Waals surface area (Å²) in [5.74, 6) is 2.23. The van der Waals surface area contributed by atoms with Gasteiger partial charge in [-0.2, -0.15) is 4.98 Å². The number of ether oxygens (including phenoxy) is 1. The Bertz CT molecular complexity index is 1210. The molecule has 7 heteroatoms. The maximum absolute atomic E-state index is 13.1. The lowest BCUT2D eigenvalue weighted by atomic mass is 10.0. The first kappa shape index (κ1) is 21.6. The van der Waals surface area contributed by atoms with Crippen LogP contribution in [0.2, 0.25) is 0 Å². The number of hydrogen-bond donors (Lipinski definition) is 1. The van der Waals surface area contributed by atoms with Gasteiger partial charge in [0, 0.05) is 22.6 Å². The summed E-state index contributed by atoms with van der Waals surface area (Å²) in [6, 6.07) is 23.3. The standard InChI is InChI=1S/C25H23N3O3S/c1-17-26-24(31-28-17)16-32-23-11-7-6-10-21(23)25(29)27-20-12-13-22(30-2)19(15-20)14-18-8-4-3-5-9-18/h3-13,15H,14,16H2,1-2H3,(H,27,29). The van der Waals surface area contributed by atoms with Gasteiger partial charge in [-0.05, 0) is 42.8 Å². The monoisotopic (exact) mass is 445 g/mol. The van der Waals surface area contributed by atoms with E-state index in [4.69, 9.17) is 9.26 Å². The number of nitrogens with one attached hydrogen (secondary N) is 1. The highest BCUT2D eigenvalue weighted by molar-refractivity contribution is 7.98. The third-order valence-corrected chi connectivity index (χ3v) is 5.89. The first-order valence-corrected chi connectivity index (χ1v) is 11.1. The minimum Gasteiger partial charge on any atom is -0.496 e. The molecule has 1 amide bonds. The van der Waals surface area contributed by atoms with E-state index < -0.39 is 0 Å². The molecule has 0 saturated carbocycles. The van der Waals surface area contributed by atoms with Crippen molar-refractivity contribution in [3.05, 3.63) is 101 Å². The SMILES string of the molecule is COc1ccc(NC(=O)c2ccccc2SCc2nc(C)no2)cc1Cc1ccccc1. The maximum Gasteiger partial charge on any atom is 0.256 e. The van der Waals surface area contributed by atoms with Gasteiger partial charge in [-0.25, -0.2) is 0 Å². The van der Waals surface area contributed by atoms with Gasteiger partial charge in [0.25, 0.3) is 5.91 Å². The Morgan fingerprint density at radius 1 is 1.06 bits per heavy atom. The molecule has 1 aromatic heterocycles. The zero-order chi connectivity index (χ0) is 22.3. The molecule has 4 rings (SSSR count). The Kier molecular flexibility index (Phi) is 6.87. The summed E-state index contributed by atoms with van der Waals surface area (Å²) in [5.41, 5.74) is 3.49. The average molecular weight is 446 g/mol. The fourth-order valence-corrected chi connectivity index (χ4v) is 4.21. The molecule has 0 spiro atoms. The van der Waals surface area contributed by atoms with Crippen molar-refractivity contribution in [2.24, 2.45) is 0 Å². The number of rotatable bonds is 8. The molecule has 0 fully saturated rings. The predicted molar refractivity (Wildman–Crippen MR) is 125 cm³/mol. The first-order chi connectivity index (χ1) is 15.6. The Balaban J connectivity index is 1.51. The number of carbonyl (C=O) groups is 1. The zero-order valence-electron chi connectivity index (χ0n) is 17.9. The molecule has 0 bridgehead atoms. The summed E-state index contributed by atoms with van der Waals surface area (Å²) in [5, 5.41) is 6.82. The number of aromatic nitrogens is 2. The molecule has 1 N–H and O–H groups in total. The van der Waals surface area contributed by atoms with Crippen LogP contribution >= 0.6 is 11.8 Å². The maximum atomic E-state index is 13.1. The fourth-order valence-electron chi connectivity index (χ4n) is 3.33. The van der Waals surface area contributed by atoms with Gasteiger partial charge in [-0.15, -0.1) is 11.8 Å². The average Bonchev–Trinajstić information content (AvgIpc) is 3.24. The number of amides is 1. The summed E-state index contributed by atoms with van der Waals surface area (Å²) in [4.78, 5) is 18.1. The van der Waals surface area contributed by atoms with Gasteiger partial charge in [0.05, 0.1) is 18.4 Å². The molecule has 32 heavy (non-hydrogen) atoms. The molecule has 6 nitrogen and oxygen atoms in total. The molecule has 3 aromatic carbocycles. The number of aryl methyl sites for hydroxylation is 1. The molecule has 4 aromatic rings. The number of carbonyl (C=O) groups excluding carboxylic acids is 1. The van der Waals surface area contributed by atoms with E-state index in [9.17, 15) is 4.79 Å². The van der Waals surface area contributed by atoms with Crippen molar-refractivity contribution in [2.45, 2.75) is 24.0 Å². The van der Waals surface area contributed by atoms with Crippen LogP contribution in [-0.4, -0.2) is 23.2 Å². The molecule has 162 valence electrons. The normalized spacial score (nSPS) is 10.7. The third kappa shape index (κ3) is 5.36. The van der Waals surface area contributed by atoms with E-state index in [1.807, 2.05) is 60.7 Å². The second-order valence-electron chi connectivity index (χ2n) is 7.16. The number of hydrogen-bond acceptors (Lipinski definition) is 6. The number of benzene rings is 3. The number of thioether (sulfide) groups is 1. The molecule has 0 atom stereocenters. The summed E-state index contributed by atoms with van der Waals surface area (Å²) in [7, 11) is 1.65. The first-order valence-electron chi connectivity index (χ1n) is 10.2. The van der Waals surface area contributed by atoms with E-state index in [1.165, 1.54) is 17.3 Å². The smallest absolute Gasteiger partial charge is 0.256 e. The number of anilines is 1. The highest BCUT2D eigenvalue weighted by Gasteiger charge is 2.14. The van der Waals surface area contributed by atoms with Gasteiger partial charge in [0.2, 0.25) is 5.89 Å².